The lowest BCUT2D eigenvalue weighted by atomic mass is 10.1. The molecule has 0 saturated carbocycles. The van der Waals surface area contributed by atoms with Gasteiger partial charge < -0.3 is 14.0 Å². The first kappa shape index (κ1) is 18.4. The fraction of sp³-hybridized carbons (Fsp3) is 0.278. The van der Waals surface area contributed by atoms with E-state index >= 15 is 0 Å². The third-order valence-electron chi connectivity index (χ3n) is 3.84. The van der Waals surface area contributed by atoms with Gasteiger partial charge in [0.05, 0.1) is 12.3 Å². The van der Waals surface area contributed by atoms with Gasteiger partial charge in [-0.15, -0.1) is 0 Å². The van der Waals surface area contributed by atoms with Gasteiger partial charge in [-0.3, -0.25) is 4.40 Å². The third-order valence-corrected chi connectivity index (χ3v) is 4.83. The maximum atomic E-state index is 12.5. The van der Waals surface area contributed by atoms with Gasteiger partial charge in [0.25, 0.3) is 5.89 Å². The van der Waals surface area contributed by atoms with Crippen LogP contribution < -0.4 is 9.47 Å². The lowest BCUT2D eigenvalue weighted by Crippen LogP contribution is -2.05. The summed E-state index contributed by atoms with van der Waals surface area (Å²) in [5.74, 6) is 1.12. The standard InChI is InChI=1S/C18H16F2N4O3S/c1-3-25-13-6-11(4-5-12(13)26-17(19)20)7-15-22-16(27-23-15)14-9-24-8-10(2)21-18(24)28-14/h4-6,8-9,17H,3,7H2,1-2H3. The number of benzene rings is 1. The van der Waals surface area contributed by atoms with E-state index in [2.05, 4.69) is 19.9 Å². The molecule has 0 atom stereocenters. The summed E-state index contributed by atoms with van der Waals surface area (Å²) in [5.41, 5.74) is 1.72. The summed E-state index contributed by atoms with van der Waals surface area (Å²) in [4.78, 5) is 10.5. The average Bonchev–Trinajstić information content (AvgIpc) is 3.31. The van der Waals surface area contributed by atoms with E-state index in [1.54, 1.807) is 19.1 Å². The zero-order valence-corrected chi connectivity index (χ0v) is 15.9. The Balaban J connectivity index is 1.54. The normalized spacial score (nSPS) is 11.5. The number of aryl methyl sites for hydroxylation is 1. The number of ether oxygens (including phenoxy) is 2. The van der Waals surface area contributed by atoms with Crippen LogP contribution in [0.25, 0.3) is 15.7 Å². The molecule has 0 aliphatic rings. The SMILES string of the molecule is CCOc1cc(Cc2noc(-c3cn4cc(C)nc4s3)n2)ccc1OC(F)F. The molecular weight excluding hydrogens is 390 g/mol. The summed E-state index contributed by atoms with van der Waals surface area (Å²) in [6.07, 6.45) is 4.17. The van der Waals surface area contributed by atoms with Crippen LogP contribution in [0.5, 0.6) is 11.5 Å². The van der Waals surface area contributed by atoms with Gasteiger partial charge in [-0.25, -0.2) is 4.98 Å². The van der Waals surface area contributed by atoms with Crippen molar-refractivity contribution in [2.24, 2.45) is 0 Å². The first-order valence-electron chi connectivity index (χ1n) is 8.50. The summed E-state index contributed by atoms with van der Waals surface area (Å²) < 4.78 is 42.2. The van der Waals surface area contributed by atoms with E-state index in [9.17, 15) is 8.78 Å². The number of thiazole rings is 1. The molecule has 3 heterocycles. The third kappa shape index (κ3) is 3.81. The molecule has 4 rings (SSSR count). The minimum Gasteiger partial charge on any atom is -0.490 e. The van der Waals surface area contributed by atoms with Crippen LogP contribution in [0.1, 0.15) is 24.0 Å². The number of hydrogen-bond acceptors (Lipinski definition) is 7. The maximum Gasteiger partial charge on any atom is 0.387 e. The summed E-state index contributed by atoms with van der Waals surface area (Å²) in [5, 5.41) is 4.01. The number of halogens is 2. The Morgan fingerprint density at radius 1 is 1.21 bits per heavy atom. The molecule has 3 aromatic heterocycles. The highest BCUT2D eigenvalue weighted by Gasteiger charge is 2.16. The second-order valence-electron chi connectivity index (χ2n) is 5.95. The van der Waals surface area contributed by atoms with Gasteiger partial charge in [-0.2, -0.15) is 13.8 Å². The molecule has 1 aromatic carbocycles. The van der Waals surface area contributed by atoms with Gasteiger partial charge in [0, 0.05) is 18.8 Å². The molecule has 4 aromatic rings. The Morgan fingerprint density at radius 3 is 2.82 bits per heavy atom. The predicted octanol–water partition coefficient (Wildman–Crippen LogP) is 4.35. The second-order valence-corrected chi connectivity index (χ2v) is 6.96. The molecule has 146 valence electrons. The van der Waals surface area contributed by atoms with Crippen molar-refractivity contribution >= 4 is 16.3 Å². The van der Waals surface area contributed by atoms with E-state index in [1.807, 2.05) is 23.7 Å². The molecule has 0 aliphatic heterocycles. The minimum atomic E-state index is -2.92. The largest absolute Gasteiger partial charge is 0.490 e. The molecule has 0 aliphatic carbocycles. The molecule has 0 spiro atoms. The van der Waals surface area contributed by atoms with E-state index in [1.165, 1.54) is 17.4 Å². The molecule has 28 heavy (non-hydrogen) atoms. The molecule has 7 nitrogen and oxygen atoms in total. The Kier molecular flexibility index (Phi) is 4.95. The number of hydrogen-bond donors (Lipinski definition) is 0. The van der Waals surface area contributed by atoms with E-state index in [0.29, 0.717) is 24.7 Å². The summed E-state index contributed by atoms with van der Waals surface area (Å²) in [7, 11) is 0. The predicted molar refractivity (Wildman–Crippen MR) is 98.1 cm³/mol. The highest BCUT2D eigenvalue weighted by atomic mass is 32.1. The fourth-order valence-corrected chi connectivity index (χ4v) is 3.68. The number of fused-ring (bicyclic) bond motifs is 1. The zero-order chi connectivity index (χ0) is 19.7. The summed E-state index contributed by atoms with van der Waals surface area (Å²) >= 11 is 1.46. The van der Waals surface area contributed by atoms with E-state index in [-0.39, 0.29) is 11.5 Å². The molecular formula is C18H16F2N4O3S. The topological polar surface area (TPSA) is 74.7 Å². The Hall–Kier alpha value is -3.01. The van der Waals surface area contributed by atoms with E-state index < -0.39 is 6.61 Å². The highest BCUT2D eigenvalue weighted by Crippen LogP contribution is 2.31. The van der Waals surface area contributed by atoms with Gasteiger partial charge >= 0.3 is 6.61 Å². The van der Waals surface area contributed by atoms with Crippen molar-refractivity contribution in [2.45, 2.75) is 26.9 Å². The molecule has 0 radical (unpaired) electrons. The molecule has 0 unspecified atom stereocenters. The molecule has 10 heteroatoms. The van der Waals surface area contributed by atoms with Gasteiger partial charge in [-0.05, 0) is 31.5 Å². The summed E-state index contributed by atoms with van der Waals surface area (Å²) in [6, 6.07) is 4.75. The number of nitrogens with zero attached hydrogens (tertiary/aromatic N) is 4. The van der Waals surface area contributed by atoms with Crippen molar-refractivity contribution in [1.29, 1.82) is 0 Å². The van der Waals surface area contributed by atoms with Crippen LogP contribution in [-0.2, 0) is 6.42 Å². The number of rotatable bonds is 7. The monoisotopic (exact) mass is 406 g/mol. The van der Waals surface area contributed by atoms with Crippen molar-refractivity contribution < 1.29 is 22.8 Å². The Bertz CT molecular complexity index is 1070. The van der Waals surface area contributed by atoms with Gasteiger partial charge in [0.15, 0.2) is 22.3 Å². The van der Waals surface area contributed by atoms with Gasteiger partial charge in [0.2, 0.25) is 0 Å². The molecule has 0 amide bonds. The van der Waals surface area contributed by atoms with Gasteiger partial charge in [-0.1, -0.05) is 22.6 Å². The van der Waals surface area contributed by atoms with Crippen LogP contribution in [0.2, 0.25) is 0 Å². The fourth-order valence-electron chi connectivity index (χ4n) is 2.74. The maximum absolute atomic E-state index is 12.5. The van der Waals surface area contributed by atoms with Crippen molar-refractivity contribution in [3.05, 3.63) is 47.7 Å². The van der Waals surface area contributed by atoms with Crippen LogP contribution in [0.4, 0.5) is 8.78 Å². The second kappa shape index (κ2) is 7.55. The lowest BCUT2D eigenvalue weighted by Gasteiger charge is -2.12. The summed E-state index contributed by atoms with van der Waals surface area (Å²) in [6.45, 7) is 1.11. The van der Waals surface area contributed by atoms with E-state index in [0.717, 1.165) is 21.1 Å². The quantitative estimate of drug-likeness (QED) is 0.454. The first-order chi connectivity index (χ1) is 13.5. The van der Waals surface area contributed by atoms with Crippen LogP contribution in [0.3, 0.4) is 0 Å². The molecule has 0 N–H and O–H groups in total. The minimum absolute atomic E-state index is 0.00775. The zero-order valence-electron chi connectivity index (χ0n) is 15.1. The van der Waals surface area contributed by atoms with Crippen LogP contribution >= 0.6 is 11.3 Å². The number of aromatic nitrogens is 4. The van der Waals surface area contributed by atoms with Crippen molar-refractivity contribution in [3.63, 3.8) is 0 Å². The van der Waals surface area contributed by atoms with E-state index in [4.69, 9.17) is 9.26 Å². The Labute approximate surface area is 162 Å². The molecule has 0 saturated heterocycles. The van der Waals surface area contributed by atoms with Crippen molar-refractivity contribution in [2.75, 3.05) is 6.61 Å². The average molecular weight is 406 g/mol. The van der Waals surface area contributed by atoms with Crippen LogP contribution in [-0.4, -0.2) is 32.7 Å². The van der Waals surface area contributed by atoms with Crippen molar-refractivity contribution in [3.8, 4) is 22.3 Å². The van der Waals surface area contributed by atoms with Crippen LogP contribution in [0, 0.1) is 6.92 Å². The molecule has 0 fully saturated rings. The molecule has 0 bridgehead atoms. The highest BCUT2D eigenvalue weighted by molar-refractivity contribution is 7.20. The first-order valence-corrected chi connectivity index (χ1v) is 9.32. The Morgan fingerprint density at radius 2 is 2.07 bits per heavy atom. The number of imidazole rings is 1. The van der Waals surface area contributed by atoms with Crippen LogP contribution in [0.15, 0.2) is 35.1 Å². The number of alkyl halides is 2. The van der Waals surface area contributed by atoms with Gasteiger partial charge in [0.1, 0.15) is 4.88 Å². The lowest BCUT2D eigenvalue weighted by molar-refractivity contribution is -0.0514. The smallest absolute Gasteiger partial charge is 0.387 e. The van der Waals surface area contributed by atoms with Crippen molar-refractivity contribution in [1.82, 2.24) is 19.5 Å².